The Balaban J connectivity index is 1.33. The number of nitrogens with two attached hydrogens (primary N) is 1. The lowest BCUT2D eigenvalue weighted by atomic mass is 9.44. The molecular formula is C40H59NO. The van der Waals surface area contributed by atoms with E-state index in [1.807, 2.05) is 12.1 Å². The van der Waals surface area contributed by atoms with Crippen molar-refractivity contribution in [3.63, 3.8) is 0 Å². The van der Waals surface area contributed by atoms with Crippen molar-refractivity contribution in [2.24, 2.45) is 52.3 Å². The van der Waals surface area contributed by atoms with Gasteiger partial charge >= 0.3 is 0 Å². The van der Waals surface area contributed by atoms with Crippen molar-refractivity contribution in [2.45, 2.75) is 124 Å². The molecule has 10 atom stereocenters. The highest BCUT2D eigenvalue weighted by Gasteiger charge is 2.63. The standard InChI is InChI=1S/C40H59NO/c1-27(2)12-11-13-28(3)37-36(42-38(29-14-7-6-8-15-29)30-17-20-32(41)21-18-30)26-35-33-22-19-31-16-9-10-24-39(31,4)34(33)23-25-40(35,37)5/h6-8,14-15,17-18,20-21,27-28,31,33-38H,9-13,16,19,22-26,41H2,1-5H3/t28-,31?,33-,34+,35+,36?,37+,38?,39+,40+/m1/s1. The van der Waals surface area contributed by atoms with Gasteiger partial charge in [0.2, 0.25) is 0 Å². The number of hydrogen-bond acceptors (Lipinski definition) is 2. The number of anilines is 1. The summed E-state index contributed by atoms with van der Waals surface area (Å²) in [6, 6.07) is 19.4. The predicted molar refractivity (Wildman–Crippen MR) is 177 cm³/mol. The topological polar surface area (TPSA) is 35.2 Å². The van der Waals surface area contributed by atoms with Crippen LogP contribution < -0.4 is 5.73 Å². The van der Waals surface area contributed by atoms with E-state index in [1.54, 1.807) is 0 Å². The molecule has 2 heteroatoms. The van der Waals surface area contributed by atoms with Crippen LogP contribution in [0.25, 0.3) is 0 Å². The van der Waals surface area contributed by atoms with Crippen LogP contribution in [-0.2, 0) is 4.74 Å². The van der Waals surface area contributed by atoms with Gasteiger partial charge in [-0.05, 0) is 120 Å². The summed E-state index contributed by atoms with van der Waals surface area (Å²) in [4.78, 5) is 0. The molecule has 0 radical (unpaired) electrons. The van der Waals surface area contributed by atoms with Crippen molar-refractivity contribution in [1.29, 1.82) is 0 Å². The number of benzene rings is 2. The maximum atomic E-state index is 7.51. The van der Waals surface area contributed by atoms with Crippen LogP contribution in [0.4, 0.5) is 5.69 Å². The third-order valence-corrected chi connectivity index (χ3v) is 13.4. The molecule has 0 aromatic heterocycles. The van der Waals surface area contributed by atoms with Crippen molar-refractivity contribution in [1.82, 2.24) is 0 Å². The fourth-order valence-electron chi connectivity index (χ4n) is 11.3. The van der Waals surface area contributed by atoms with E-state index in [4.69, 9.17) is 10.5 Å². The molecule has 2 aromatic carbocycles. The van der Waals surface area contributed by atoms with Crippen LogP contribution in [-0.4, -0.2) is 6.10 Å². The molecule has 0 saturated heterocycles. The van der Waals surface area contributed by atoms with Gasteiger partial charge in [0.05, 0.1) is 6.10 Å². The van der Waals surface area contributed by atoms with E-state index in [-0.39, 0.29) is 6.10 Å². The molecule has 4 saturated carbocycles. The molecule has 230 valence electrons. The molecule has 0 bridgehead atoms. The first-order chi connectivity index (χ1) is 20.2. The Morgan fingerprint density at radius 2 is 1.52 bits per heavy atom. The Hall–Kier alpha value is -1.80. The van der Waals surface area contributed by atoms with Gasteiger partial charge in [0.15, 0.2) is 0 Å². The fraction of sp³-hybridized carbons (Fsp3) is 0.700. The van der Waals surface area contributed by atoms with Crippen LogP contribution in [0.3, 0.4) is 0 Å². The Morgan fingerprint density at radius 3 is 2.26 bits per heavy atom. The van der Waals surface area contributed by atoms with Gasteiger partial charge in [-0.15, -0.1) is 0 Å². The van der Waals surface area contributed by atoms with Crippen LogP contribution in [0.2, 0.25) is 0 Å². The average molecular weight is 570 g/mol. The number of fused-ring (bicyclic) bond motifs is 5. The maximum Gasteiger partial charge on any atom is 0.108 e. The summed E-state index contributed by atoms with van der Waals surface area (Å²) in [6.07, 6.45) is 17.2. The Bertz CT molecular complexity index is 1160. The second-order valence-electron chi connectivity index (χ2n) is 16.1. The number of ether oxygens (including phenoxy) is 1. The molecule has 0 amide bonds. The Kier molecular flexibility index (Phi) is 8.85. The van der Waals surface area contributed by atoms with Crippen molar-refractivity contribution in [3.05, 3.63) is 65.7 Å². The first-order valence-corrected chi connectivity index (χ1v) is 17.8. The zero-order chi connectivity index (χ0) is 29.5. The van der Waals surface area contributed by atoms with Crippen molar-refractivity contribution in [2.75, 3.05) is 5.73 Å². The van der Waals surface area contributed by atoms with E-state index < -0.39 is 0 Å². The summed E-state index contributed by atoms with van der Waals surface area (Å²) in [5.74, 6) is 5.66. The quantitative estimate of drug-likeness (QED) is 0.305. The highest BCUT2D eigenvalue weighted by Crippen LogP contribution is 2.69. The summed E-state index contributed by atoms with van der Waals surface area (Å²) < 4.78 is 7.51. The molecule has 0 aliphatic heterocycles. The van der Waals surface area contributed by atoms with Crippen molar-refractivity contribution in [3.8, 4) is 0 Å². The lowest BCUT2D eigenvalue weighted by molar-refractivity contribution is -0.117. The average Bonchev–Trinajstić information content (AvgIpc) is 3.28. The first kappa shape index (κ1) is 30.2. The Labute approximate surface area is 257 Å². The number of nitrogen functional groups attached to an aromatic ring is 1. The van der Waals surface area contributed by atoms with Gasteiger partial charge < -0.3 is 10.5 Å². The van der Waals surface area contributed by atoms with Crippen LogP contribution in [0.5, 0.6) is 0 Å². The summed E-state index contributed by atoms with van der Waals surface area (Å²) >= 11 is 0. The first-order valence-electron chi connectivity index (χ1n) is 17.8. The molecule has 2 nitrogen and oxygen atoms in total. The predicted octanol–water partition coefficient (Wildman–Crippen LogP) is 10.9. The van der Waals surface area contributed by atoms with E-state index in [0.717, 1.165) is 35.3 Å². The van der Waals surface area contributed by atoms with Crippen LogP contribution in [0.1, 0.15) is 129 Å². The minimum Gasteiger partial charge on any atom is -0.399 e. The minimum atomic E-state index is -0.0479. The molecule has 2 aromatic rings. The summed E-state index contributed by atoms with van der Waals surface area (Å²) in [5, 5.41) is 0. The zero-order valence-electron chi connectivity index (χ0n) is 27.4. The molecule has 4 aliphatic rings. The zero-order valence-corrected chi connectivity index (χ0v) is 27.4. The fourth-order valence-corrected chi connectivity index (χ4v) is 11.3. The van der Waals surface area contributed by atoms with Gasteiger partial charge in [0.1, 0.15) is 6.10 Å². The SMILES string of the molecule is CC(C)CCC[C@@H](C)[C@H]1C(OC(c2ccccc2)c2ccc(N)cc2)C[C@H]2[C@@H]3CCC4CCCC[C@]4(C)[C@H]3CC[C@]12C. The molecule has 2 N–H and O–H groups in total. The molecule has 4 fully saturated rings. The van der Waals surface area contributed by atoms with E-state index in [0.29, 0.717) is 28.8 Å². The minimum absolute atomic E-state index is 0.0479. The summed E-state index contributed by atoms with van der Waals surface area (Å²) in [6.45, 7) is 12.8. The molecule has 42 heavy (non-hydrogen) atoms. The monoisotopic (exact) mass is 569 g/mol. The second-order valence-corrected chi connectivity index (χ2v) is 16.1. The molecular weight excluding hydrogens is 510 g/mol. The molecule has 3 unspecified atom stereocenters. The van der Waals surface area contributed by atoms with Crippen molar-refractivity contribution < 1.29 is 4.74 Å². The molecule has 4 aliphatic carbocycles. The van der Waals surface area contributed by atoms with Gasteiger partial charge in [0.25, 0.3) is 0 Å². The maximum absolute atomic E-state index is 7.51. The van der Waals surface area contributed by atoms with Crippen LogP contribution in [0.15, 0.2) is 54.6 Å². The van der Waals surface area contributed by atoms with E-state index in [9.17, 15) is 0 Å². The van der Waals surface area contributed by atoms with Gasteiger partial charge in [-0.3, -0.25) is 0 Å². The molecule has 0 heterocycles. The third-order valence-electron chi connectivity index (χ3n) is 13.4. The number of rotatable bonds is 9. The lowest BCUT2D eigenvalue weighted by Gasteiger charge is -2.60. The lowest BCUT2D eigenvalue weighted by Crippen LogP contribution is -2.53. The van der Waals surface area contributed by atoms with Crippen LogP contribution >= 0.6 is 0 Å². The second kappa shape index (κ2) is 12.3. The highest BCUT2D eigenvalue weighted by molar-refractivity contribution is 5.42. The molecule has 6 rings (SSSR count). The van der Waals surface area contributed by atoms with E-state index in [2.05, 4.69) is 77.1 Å². The van der Waals surface area contributed by atoms with Gasteiger partial charge in [-0.1, -0.05) is 109 Å². The summed E-state index contributed by atoms with van der Waals surface area (Å²) in [5.41, 5.74) is 10.4. The van der Waals surface area contributed by atoms with Gasteiger partial charge in [-0.2, -0.15) is 0 Å². The normalized spacial score (nSPS) is 37.5. The number of hydrogen-bond donors (Lipinski definition) is 1. The largest absolute Gasteiger partial charge is 0.399 e. The highest BCUT2D eigenvalue weighted by atomic mass is 16.5. The smallest absolute Gasteiger partial charge is 0.108 e. The Morgan fingerprint density at radius 1 is 0.786 bits per heavy atom. The van der Waals surface area contributed by atoms with Gasteiger partial charge in [-0.25, -0.2) is 0 Å². The van der Waals surface area contributed by atoms with E-state index >= 15 is 0 Å². The molecule has 0 spiro atoms. The summed E-state index contributed by atoms with van der Waals surface area (Å²) in [7, 11) is 0. The van der Waals surface area contributed by atoms with Crippen LogP contribution in [0, 0.1) is 52.3 Å². The van der Waals surface area contributed by atoms with Crippen molar-refractivity contribution >= 4 is 5.69 Å². The van der Waals surface area contributed by atoms with Gasteiger partial charge in [0, 0.05) is 5.69 Å². The third kappa shape index (κ3) is 5.60. The van der Waals surface area contributed by atoms with E-state index in [1.165, 1.54) is 88.2 Å².